The number of nitrogens with one attached hydrogen (secondary N) is 1. The Morgan fingerprint density at radius 2 is 1.84 bits per heavy atom. The van der Waals surface area contributed by atoms with Crippen LogP contribution in [0.5, 0.6) is 0 Å². The molecular formula is C21H29N5O5. The number of carbonyl (C=O) groups excluding carboxylic acids is 3. The second kappa shape index (κ2) is 6.73. The molecule has 0 unspecified atom stereocenters. The number of aliphatic imine (C=N–C) groups is 1. The van der Waals surface area contributed by atoms with Gasteiger partial charge in [-0.2, -0.15) is 0 Å². The Bertz CT molecular complexity index is 970. The van der Waals surface area contributed by atoms with E-state index in [1.807, 2.05) is 0 Å². The van der Waals surface area contributed by atoms with Crippen LogP contribution in [0.1, 0.15) is 71.0 Å². The molecule has 0 saturated carbocycles. The summed E-state index contributed by atoms with van der Waals surface area (Å²) in [5.41, 5.74) is -2.04. The van der Waals surface area contributed by atoms with Gasteiger partial charge >= 0.3 is 12.2 Å². The molecule has 4 heterocycles. The first-order chi connectivity index (χ1) is 14.3. The number of aromatic nitrogens is 1. The lowest BCUT2D eigenvalue weighted by Crippen LogP contribution is -2.59. The predicted molar refractivity (Wildman–Crippen MR) is 111 cm³/mol. The SMILES string of the molecule is CC(C)(C)OC(=O)NC1=N[C@@]23CCCN2C(=O)c2cccn2[C@H]3N1C(=O)OC(C)(C)C. The minimum Gasteiger partial charge on any atom is -0.444 e. The third-order valence-corrected chi connectivity index (χ3v) is 5.29. The summed E-state index contributed by atoms with van der Waals surface area (Å²) < 4.78 is 12.8. The summed E-state index contributed by atoms with van der Waals surface area (Å²) in [6.45, 7) is 11.1. The molecule has 0 radical (unpaired) electrons. The standard InChI is InChI=1S/C21H29N5O5/c1-19(2,3)30-17(28)22-16-23-21-10-8-12-25(21)14(27)13-9-7-11-24(13)15(21)26(16)18(29)31-20(4,5)6/h7,9,11,15H,8,10,12H2,1-6H3,(H,22,23,28)/t15-,21-/m0/s1. The molecule has 31 heavy (non-hydrogen) atoms. The van der Waals surface area contributed by atoms with Crippen molar-refractivity contribution in [1.29, 1.82) is 0 Å². The van der Waals surface area contributed by atoms with E-state index >= 15 is 0 Å². The molecule has 168 valence electrons. The number of fused-ring (bicyclic) bond motifs is 2. The minimum absolute atomic E-state index is 0.00903. The number of hydrogen-bond acceptors (Lipinski definition) is 6. The zero-order chi connectivity index (χ0) is 22.8. The molecule has 3 aliphatic rings. The average molecular weight is 431 g/mol. The van der Waals surface area contributed by atoms with Crippen LogP contribution < -0.4 is 5.32 Å². The molecule has 4 rings (SSSR count). The largest absolute Gasteiger partial charge is 0.444 e. The fourth-order valence-electron chi connectivity index (χ4n) is 4.36. The van der Waals surface area contributed by atoms with Gasteiger partial charge in [-0.15, -0.1) is 0 Å². The lowest BCUT2D eigenvalue weighted by atomic mass is 10.0. The molecule has 2 atom stereocenters. The van der Waals surface area contributed by atoms with Crippen LogP contribution in [-0.4, -0.2) is 61.8 Å². The summed E-state index contributed by atoms with van der Waals surface area (Å²) in [4.78, 5) is 46.7. The van der Waals surface area contributed by atoms with Crippen molar-refractivity contribution in [2.45, 2.75) is 77.4 Å². The summed E-state index contributed by atoms with van der Waals surface area (Å²) >= 11 is 0. The first-order valence-corrected chi connectivity index (χ1v) is 10.4. The number of rotatable bonds is 0. The van der Waals surface area contributed by atoms with Crippen LogP contribution in [0.2, 0.25) is 0 Å². The topological polar surface area (TPSA) is 105 Å². The zero-order valence-electron chi connectivity index (χ0n) is 18.8. The number of nitrogens with zero attached hydrogens (tertiary/aromatic N) is 4. The summed E-state index contributed by atoms with van der Waals surface area (Å²) in [5, 5.41) is 2.62. The zero-order valence-corrected chi connectivity index (χ0v) is 18.8. The van der Waals surface area contributed by atoms with Crippen molar-refractivity contribution in [1.82, 2.24) is 19.7 Å². The molecule has 1 aromatic heterocycles. The highest BCUT2D eigenvalue weighted by Gasteiger charge is 2.63. The Morgan fingerprint density at radius 3 is 2.48 bits per heavy atom. The van der Waals surface area contributed by atoms with Gasteiger partial charge in [-0.05, 0) is 66.5 Å². The van der Waals surface area contributed by atoms with Crippen molar-refractivity contribution in [3.63, 3.8) is 0 Å². The molecule has 1 aromatic rings. The number of hydrogen-bond donors (Lipinski definition) is 1. The molecule has 3 amide bonds. The minimum atomic E-state index is -1.01. The monoisotopic (exact) mass is 431 g/mol. The molecule has 1 N–H and O–H groups in total. The summed E-state index contributed by atoms with van der Waals surface area (Å²) in [5.74, 6) is -0.139. The van der Waals surface area contributed by atoms with Gasteiger partial charge in [0.05, 0.1) is 0 Å². The molecule has 10 nitrogen and oxygen atoms in total. The summed E-state index contributed by atoms with van der Waals surface area (Å²) in [7, 11) is 0. The van der Waals surface area contributed by atoms with Crippen molar-refractivity contribution in [2.24, 2.45) is 4.99 Å². The molecule has 0 aliphatic carbocycles. The van der Waals surface area contributed by atoms with Gasteiger partial charge in [0.25, 0.3) is 5.91 Å². The second-order valence-corrected chi connectivity index (χ2v) is 10.0. The lowest BCUT2D eigenvalue weighted by molar-refractivity contribution is -0.00731. The Hall–Kier alpha value is -3.04. The van der Waals surface area contributed by atoms with Crippen LogP contribution in [0, 0.1) is 0 Å². The van der Waals surface area contributed by atoms with E-state index in [1.54, 1.807) is 69.3 Å². The van der Waals surface area contributed by atoms with Crippen LogP contribution in [0.25, 0.3) is 0 Å². The normalized spacial score (nSPS) is 24.9. The van der Waals surface area contributed by atoms with Gasteiger partial charge in [0.15, 0.2) is 11.8 Å². The van der Waals surface area contributed by atoms with E-state index in [-0.39, 0.29) is 11.9 Å². The van der Waals surface area contributed by atoms with Crippen molar-refractivity contribution < 1.29 is 23.9 Å². The van der Waals surface area contributed by atoms with E-state index in [1.165, 1.54) is 4.90 Å². The quantitative estimate of drug-likeness (QED) is 0.680. The highest BCUT2D eigenvalue weighted by Crippen LogP contribution is 2.50. The summed E-state index contributed by atoms with van der Waals surface area (Å²) in [6, 6.07) is 3.48. The third kappa shape index (κ3) is 3.53. The van der Waals surface area contributed by atoms with Crippen LogP contribution >= 0.6 is 0 Å². The molecule has 3 aliphatic heterocycles. The Morgan fingerprint density at radius 1 is 1.16 bits per heavy atom. The maximum atomic E-state index is 13.3. The Balaban J connectivity index is 1.79. The number of alkyl carbamates (subject to hydrolysis) is 1. The van der Waals surface area contributed by atoms with Crippen LogP contribution in [0.4, 0.5) is 9.59 Å². The van der Waals surface area contributed by atoms with E-state index in [0.717, 1.165) is 6.42 Å². The van der Waals surface area contributed by atoms with Crippen molar-refractivity contribution >= 4 is 24.1 Å². The van der Waals surface area contributed by atoms with Gasteiger partial charge in [0.2, 0.25) is 5.96 Å². The number of carbonyl (C=O) groups is 3. The van der Waals surface area contributed by atoms with Crippen LogP contribution in [0.15, 0.2) is 23.3 Å². The third-order valence-electron chi connectivity index (χ3n) is 5.29. The maximum absolute atomic E-state index is 13.3. The number of guanidine groups is 1. The Labute approximate surface area is 181 Å². The van der Waals surface area contributed by atoms with Crippen molar-refractivity contribution in [3.8, 4) is 0 Å². The van der Waals surface area contributed by atoms with Gasteiger partial charge in [0, 0.05) is 12.7 Å². The van der Waals surface area contributed by atoms with E-state index in [9.17, 15) is 14.4 Å². The van der Waals surface area contributed by atoms with Crippen LogP contribution in [0.3, 0.4) is 0 Å². The highest BCUT2D eigenvalue weighted by atomic mass is 16.6. The highest BCUT2D eigenvalue weighted by molar-refractivity contribution is 6.04. The number of ether oxygens (including phenoxy) is 2. The molecule has 0 bridgehead atoms. The van der Waals surface area contributed by atoms with E-state index in [4.69, 9.17) is 14.5 Å². The first-order valence-electron chi connectivity index (χ1n) is 10.4. The average Bonchev–Trinajstić information content (AvgIpc) is 3.28. The maximum Gasteiger partial charge on any atom is 0.419 e. The van der Waals surface area contributed by atoms with Gasteiger partial charge in [-0.25, -0.2) is 19.5 Å². The van der Waals surface area contributed by atoms with E-state index in [0.29, 0.717) is 18.7 Å². The predicted octanol–water partition coefficient (Wildman–Crippen LogP) is 3.06. The van der Waals surface area contributed by atoms with Gasteiger partial charge in [0.1, 0.15) is 16.9 Å². The fourth-order valence-corrected chi connectivity index (χ4v) is 4.36. The molecule has 1 fully saturated rings. The lowest BCUT2D eigenvalue weighted by Gasteiger charge is -2.44. The van der Waals surface area contributed by atoms with Gasteiger partial charge < -0.3 is 18.9 Å². The van der Waals surface area contributed by atoms with Gasteiger partial charge in [-0.3, -0.25) is 10.1 Å². The Kier molecular flexibility index (Phi) is 4.60. The molecule has 10 heteroatoms. The van der Waals surface area contributed by atoms with E-state index < -0.39 is 35.2 Å². The summed E-state index contributed by atoms with van der Waals surface area (Å²) in [6.07, 6.45) is 0.970. The first kappa shape index (κ1) is 21.2. The van der Waals surface area contributed by atoms with Gasteiger partial charge in [-0.1, -0.05) is 0 Å². The molecule has 1 saturated heterocycles. The van der Waals surface area contributed by atoms with Crippen LogP contribution in [-0.2, 0) is 9.47 Å². The second-order valence-electron chi connectivity index (χ2n) is 10.0. The van der Waals surface area contributed by atoms with Crippen molar-refractivity contribution in [3.05, 3.63) is 24.0 Å². The smallest absolute Gasteiger partial charge is 0.419 e. The van der Waals surface area contributed by atoms with Crippen molar-refractivity contribution in [2.75, 3.05) is 6.54 Å². The molecule has 1 spiro atoms. The van der Waals surface area contributed by atoms with E-state index in [2.05, 4.69) is 5.32 Å². The fraction of sp³-hybridized carbons (Fsp3) is 0.619. The number of amides is 3. The molecule has 0 aromatic carbocycles. The molecular weight excluding hydrogens is 402 g/mol.